The maximum atomic E-state index is 14.0. The highest BCUT2D eigenvalue weighted by Gasteiger charge is 2.43. The molecule has 1 aliphatic rings. The van der Waals surface area contributed by atoms with Crippen molar-refractivity contribution in [3.05, 3.63) is 55.1 Å². The third-order valence-electron chi connectivity index (χ3n) is 5.39. The SMILES string of the molecule is Cn1cc(-c2ccc3ncc(-c4cccc(NC5CCCC5(F)F)n4)n3c2)cn1. The number of nitrogens with one attached hydrogen (secondary N) is 1. The van der Waals surface area contributed by atoms with E-state index < -0.39 is 12.0 Å². The van der Waals surface area contributed by atoms with Gasteiger partial charge >= 0.3 is 0 Å². The van der Waals surface area contributed by atoms with Crippen LogP contribution in [-0.2, 0) is 7.05 Å². The van der Waals surface area contributed by atoms with Gasteiger partial charge in [-0.2, -0.15) is 5.10 Å². The van der Waals surface area contributed by atoms with Gasteiger partial charge in [0.25, 0.3) is 5.92 Å². The number of fused-ring (bicyclic) bond motifs is 1. The molecule has 1 atom stereocenters. The van der Waals surface area contributed by atoms with Gasteiger partial charge in [-0.25, -0.2) is 18.7 Å². The van der Waals surface area contributed by atoms with Crippen LogP contribution in [0, 0.1) is 0 Å². The number of nitrogens with zero attached hydrogens (tertiary/aromatic N) is 5. The fraction of sp³-hybridized carbons (Fsp3) is 0.286. The molecule has 8 heteroatoms. The second kappa shape index (κ2) is 6.65. The number of pyridine rings is 2. The highest BCUT2D eigenvalue weighted by Crippen LogP contribution is 2.37. The Labute approximate surface area is 166 Å². The largest absolute Gasteiger partial charge is 0.361 e. The van der Waals surface area contributed by atoms with Crippen LogP contribution in [0.3, 0.4) is 0 Å². The second-order valence-electron chi connectivity index (χ2n) is 7.45. The van der Waals surface area contributed by atoms with Gasteiger partial charge in [0.05, 0.1) is 29.8 Å². The van der Waals surface area contributed by atoms with E-state index in [4.69, 9.17) is 0 Å². The van der Waals surface area contributed by atoms with E-state index >= 15 is 0 Å². The first kappa shape index (κ1) is 17.8. The van der Waals surface area contributed by atoms with Crippen LogP contribution in [-0.4, -0.2) is 36.1 Å². The van der Waals surface area contributed by atoms with Crippen LogP contribution >= 0.6 is 0 Å². The van der Waals surface area contributed by atoms with Gasteiger partial charge in [0, 0.05) is 37.0 Å². The summed E-state index contributed by atoms with van der Waals surface area (Å²) in [4.78, 5) is 9.03. The van der Waals surface area contributed by atoms with Gasteiger partial charge in [0.1, 0.15) is 11.5 Å². The van der Waals surface area contributed by atoms with Crippen molar-refractivity contribution in [3.63, 3.8) is 0 Å². The van der Waals surface area contributed by atoms with Crippen LogP contribution in [0.25, 0.3) is 28.2 Å². The minimum absolute atomic E-state index is 0.0747. The quantitative estimate of drug-likeness (QED) is 0.558. The Bertz CT molecular complexity index is 1180. The van der Waals surface area contributed by atoms with Crippen molar-refractivity contribution in [2.45, 2.75) is 31.2 Å². The van der Waals surface area contributed by atoms with E-state index in [-0.39, 0.29) is 6.42 Å². The fourth-order valence-electron chi connectivity index (χ4n) is 3.85. The van der Waals surface area contributed by atoms with E-state index in [1.807, 2.05) is 54.3 Å². The number of aromatic nitrogens is 5. The second-order valence-corrected chi connectivity index (χ2v) is 7.45. The van der Waals surface area contributed by atoms with E-state index in [0.29, 0.717) is 24.4 Å². The van der Waals surface area contributed by atoms with Gasteiger partial charge in [-0.3, -0.25) is 9.08 Å². The first-order chi connectivity index (χ1) is 14.0. The summed E-state index contributed by atoms with van der Waals surface area (Å²) in [5.41, 5.74) is 4.26. The van der Waals surface area contributed by atoms with E-state index in [1.54, 1.807) is 16.9 Å². The Hall–Kier alpha value is -3.29. The highest BCUT2D eigenvalue weighted by atomic mass is 19.3. The van der Waals surface area contributed by atoms with Gasteiger partial charge in [0.15, 0.2) is 0 Å². The van der Waals surface area contributed by atoms with Gasteiger partial charge in [-0.15, -0.1) is 0 Å². The molecule has 1 N–H and O–H groups in total. The summed E-state index contributed by atoms with van der Waals surface area (Å²) < 4.78 is 31.7. The number of anilines is 1. The number of hydrogen-bond donors (Lipinski definition) is 1. The zero-order valence-corrected chi connectivity index (χ0v) is 15.9. The molecular formula is C21H20F2N6. The topological polar surface area (TPSA) is 60.0 Å². The average Bonchev–Trinajstić information content (AvgIpc) is 3.40. The van der Waals surface area contributed by atoms with Crippen LogP contribution in [0.1, 0.15) is 19.3 Å². The molecule has 0 aromatic carbocycles. The number of alkyl halides is 2. The molecule has 0 saturated heterocycles. The summed E-state index contributed by atoms with van der Waals surface area (Å²) in [5.74, 6) is -2.24. The number of imidazole rings is 1. The molecule has 4 aromatic heterocycles. The monoisotopic (exact) mass is 394 g/mol. The van der Waals surface area contributed by atoms with Crippen molar-refractivity contribution < 1.29 is 8.78 Å². The molecule has 4 heterocycles. The summed E-state index contributed by atoms with van der Waals surface area (Å²) in [6.07, 6.45) is 8.39. The number of aryl methyl sites for hydroxylation is 1. The third-order valence-corrected chi connectivity index (χ3v) is 5.39. The van der Waals surface area contributed by atoms with E-state index in [1.165, 1.54) is 0 Å². The van der Waals surface area contributed by atoms with Gasteiger partial charge < -0.3 is 5.32 Å². The molecule has 1 saturated carbocycles. The number of hydrogen-bond acceptors (Lipinski definition) is 4. The first-order valence-electron chi connectivity index (χ1n) is 9.57. The predicted octanol–water partition coefficient (Wildman–Crippen LogP) is 4.40. The standard InChI is InChI=1S/C21H20F2N6/c1-28-12-15(10-25-28)14-7-8-20-24-11-17(29(20)13-14)16-4-2-6-19(26-16)27-18-5-3-9-21(18,22)23/h2,4,6-8,10-13,18H,3,5,9H2,1H3,(H,26,27). The van der Waals surface area contributed by atoms with E-state index in [2.05, 4.69) is 20.4 Å². The molecule has 5 rings (SSSR count). The maximum Gasteiger partial charge on any atom is 0.267 e. The van der Waals surface area contributed by atoms with Crippen LogP contribution in [0.15, 0.2) is 55.1 Å². The van der Waals surface area contributed by atoms with Crippen molar-refractivity contribution in [2.24, 2.45) is 7.05 Å². The molecule has 0 radical (unpaired) electrons. The minimum atomic E-state index is -2.69. The summed E-state index contributed by atoms with van der Waals surface area (Å²) in [7, 11) is 1.88. The van der Waals surface area contributed by atoms with Crippen LogP contribution in [0.5, 0.6) is 0 Å². The normalized spacial score (nSPS) is 18.4. The van der Waals surface area contributed by atoms with Crippen molar-refractivity contribution >= 4 is 11.5 Å². The number of halogens is 2. The Morgan fingerprint density at radius 1 is 1.10 bits per heavy atom. The highest BCUT2D eigenvalue weighted by molar-refractivity contribution is 5.67. The van der Waals surface area contributed by atoms with Crippen molar-refractivity contribution in [2.75, 3.05) is 5.32 Å². The lowest BCUT2D eigenvalue weighted by atomic mass is 10.1. The molecule has 1 aliphatic carbocycles. The zero-order valence-electron chi connectivity index (χ0n) is 15.9. The Morgan fingerprint density at radius 2 is 2.00 bits per heavy atom. The van der Waals surface area contributed by atoms with E-state index in [9.17, 15) is 8.78 Å². The molecule has 0 spiro atoms. The molecule has 4 aromatic rings. The molecular weight excluding hydrogens is 374 g/mol. The van der Waals surface area contributed by atoms with Gasteiger partial charge in [-0.05, 0) is 37.1 Å². The van der Waals surface area contributed by atoms with Gasteiger partial charge in [-0.1, -0.05) is 6.07 Å². The molecule has 29 heavy (non-hydrogen) atoms. The maximum absolute atomic E-state index is 14.0. The smallest absolute Gasteiger partial charge is 0.267 e. The summed E-state index contributed by atoms with van der Waals surface area (Å²) in [6.45, 7) is 0. The Balaban J connectivity index is 1.50. The molecule has 0 aliphatic heterocycles. The molecule has 1 unspecified atom stereocenters. The molecule has 1 fully saturated rings. The third kappa shape index (κ3) is 3.24. The molecule has 0 bridgehead atoms. The lowest BCUT2D eigenvalue weighted by Gasteiger charge is -2.21. The van der Waals surface area contributed by atoms with Crippen molar-refractivity contribution in [3.8, 4) is 22.5 Å². The Morgan fingerprint density at radius 3 is 2.76 bits per heavy atom. The van der Waals surface area contributed by atoms with Crippen LogP contribution in [0.4, 0.5) is 14.6 Å². The number of rotatable bonds is 4. The van der Waals surface area contributed by atoms with Gasteiger partial charge in [0.2, 0.25) is 0 Å². The molecule has 6 nitrogen and oxygen atoms in total. The van der Waals surface area contributed by atoms with Crippen molar-refractivity contribution in [1.82, 2.24) is 24.1 Å². The van der Waals surface area contributed by atoms with Crippen LogP contribution < -0.4 is 5.32 Å². The van der Waals surface area contributed by atoms with E-state index in [0.717, 1.165) is 22.5 Å². The fourth-order valence-corrected chi connectivity index (χ4v) is 3.85. The Kier molecular flexibility index (Phi) is 4.08. The van der Waals surface area contributed by atoms with Crippen molar-refractivity contribution in [1.29, 1.82) is 0 Å². The van der Waals surface area contributed by atoms with Crippen LogP contribution in [0.2, 0.25) is 0 Å². The summed E-state index contributed by atoms with van der Waals surface area (Å²) >= 11 is 0. The lowest BCUT2D eigenvalue weighted by molar-refractivity contribution is -0.000685. The predicted molar refractivity (Wildman–Crippen MR) is 107 cm³/mol. The summed E-state index contributed by atoms with van der Waals surface area (Å²) in [5, 5.41) is 7.14. The lowest BCUT2D eigenvalue weighted by Crippen LogP contribution is -2.34. The minimum Gasteiger partial charge on any atom is -0.361 e. The molecule has 148 valence electrons. The molecule has 0 amide bonds. The average molecular weight is 394 g/mol. The summed E-state index contributed by atoms with van der Waals surface area (Å²) in [6, 6.07) is 8.47. The zero-order chi connectivity index (χ0) is 20.0. The first-order valence-corrected chi connectivity index (χ1v) is 9.57.